The zero-order valence-corrected chi connectivity index (χ0v) is 12.9. The maximum atomic E-state index is 5.28. The van der Waals surface area contributed by atoms with Gasteiger partial charge in [0.1, 0.15) is 24.6 Å². The van der Waals surface area contributed by atoms with Crippen LogP contribution in [0.15, 0.2) is 71.0 Å². The maximum Gasteiger partial charge on any atom is 0.139 e. The zero-order chi connectivity index (χ0) is 15.6. The highest BCUT2D eigenvalue weighted by atomic mass is 16.6. The van der Waals surface area contributed by atoms with Crippen LogP contribution >= 0.6 is 0 Å². The lowest BCUT2D eigenvalue weighted by Crippen LogP contribution is -2.18. The molecule has 114 valence electrons. The van der Waals surface area contributed by atoms with Gasteiger partial charge in [0.25, 0.3) is 0 Å². The molecule has 0 aliphatic carbocycles. The van der Waals surface area contributed by atoms with Gasteiger partial charge in [0.05, 0.1) is 0 Å². The van der Waals surface area contributed by atoms with E-state index in [4.69, 9.17) is 9.68 Å². The first-order valence-corrected chi connectivity index (χ1v) is 7.38. The van der Waals surface area contributed by atoms with Crippen LogP contribution in [0.5, 0.6) is 0 Å². The van der Waals surface area contributed by atoms with E-state index in [0.29, 0.717) is 24.6 Å². The van der Waals surface area contributed by atoms with E-state index in [2.05, 4.69) is 10.3 Å². The minimum Gasteiger partial charge on any atom is -0.396 e. The molecule has 0 radical (unpaired) electrons. The Morgan fingerprint density at radius 2 is 1.05 bits per heavy atom. The average Bonchev–Trinajstić information content (AvgIpc) is 2.59. The summed E-state index contributed by atoms with van der Waals surface area (Å²) in [7, 11) is 0. The van der Waals surface area contributed by atoms with Crippen LogP contribution in [0.1, 0.15) is 25.0 Å². The molecular formula is C18H20N2O2. The summed E-state index contributed by atoms with van der Waals surface area (Å²) in [5, 5.41) is 8.50. The lowest BCUT2D eigenvalue weighted by atomic mass is 10.00. The summed E-state index contributed by atoms with van der Waals surface area (Å²) in [5.74, 6) is 0. The van der Waals surface area contributed by atoms with Crippen molar-refractivity contribution in [2.75, 3.05) is 13.2 Å². The van der Waals surface area contributed by atoms with E-state index in [1.54, 1.807) is 0 Å². The fraction of sp³-hybridized carbons (Fsp3) is 0.222. The summed E-state index contributed by atoms with van der Waals surface area (Å²) in [6.07, 6.45) is 0. The van der Waals surface area contributed by atoms with E-state index in [-0.39, 0.29) is 0 Å². The summed E-state index contributed by atoms with van der Waals surface area (Å²) in [5.41, 5.74) is 3.17. The average molecular weight is 296 g/mol. The van der Waals surface area contributed by atoms with Gasteiger partial charge in [0.15, 0.2) is 0 Å². The van der Waals surface area contributed by atoms with Gasteiger partial charge < -0.3 is 9.68 Å². The van der Waals surface area contributed by atoms with Gasteiger partial charge in [-0.2, -0.15) is 0 Å². The highest BCUT2D eigenvalue weighted by Gasteiger charge is 2.16. The van der Waals surface area contributed by atoms with E-state index in [1.165, 1.54) is 0 Å². The van der Waals surface area contributed by atoms with Gasteiger partial charge in [-0.1, -0.05) is 71.0 Å². The Bertz CT molecular complexity index is 565. The van der Waals surface area contributed by atoms with Crippen LogP contribution in [0.25, 0.3) is 0 Å². The molecule has 0 unspecified atom stereocenters. The Morgan fingerprint density at radius 1 is 0.682 bits per heavy atom. The second-order valence-electron chi connectivity index (χ2n) is 4.45. The third-order valence-electron chi connectivity index (χ3n) is 2.89. The normalized spacial score (nSPS) is 12.1. The molecule has 2 aromatic rings. The molecule has 4 heteroatoms. The predicted molar refractivity (Wildman–Crippen MR) is 89.2 cm³/mol. The molecule has 0 saturated heterocycles. The first kappa shape index (κ1) is 15.8. The summed E-state index contributed by atoms with van der Waals surface area (Å²) in [6.45, 7) is 4.78. The fourth-order valence-electron chi connectivity index (χ4n) is 1.92. The number of hydrogen-bond donors (Lipinski definition) is 0. The van der Waals surface area contributed by atoms with Gasteiger partial charge in [0, 0.05) is 11.1 Å². The highest BCUT2D eigenvalue weighted by Crippen LogP contribution is 2.11. The second kappa shape index (κ2) is 8.62. The van der Waals surface area contributed by atoms with Crippen LogP contribution in [0.2, 0.25) is 0 Å². The number of benzene rings is 2. The molecule has 22 heavy (non-hydrogen) atoms. The van der Waals surface area contributed by atoms with Crippen LogP contribution < -0.4 is 0 Å². The van der Waals surface area contributed by atoms with Gasteiger partial charge in [0.2, 0.25) is 0 Å². The van der Waals surface area contributed by atoms with Crippen molar-refractivity contribution in [1.82, 2.24) is 0 Å². The Hall–Kier alpha value is -2.62. The highest BCUT2D eigenvalue weighted by molar-refractivity contribution is 6.53. The Balaban J connectivity index is 2.49. The summed E-state index contributed by atoms with van der Waals surface area (Å²) in [6, 6.07) is 19.7. The van der Waals surface area contributed by atoms with Crippen LogP contribution in [0, 0.1) is 0 Å². The molecule has 0 N–H and O–H groups in total. The minimum absolute atomic E-state index is 0.493. The summed E-state index contributed by atoms with van der Waals surface area (Å²) in [4.78, 5) is 10.6. The van der Waals surface area contributed by atoms with Crippen LogP contribution in [0.3, 0.4) is 0 Å². The van der Waals surface area contributed by atoms with Crippen molar-refractivity contribution >= 4 is 11.4 Å². The van der Waals surface area contributed by atoms with Gasteiger partial charge in [-0.3, -0.25) is 0 Å². The van der Waals surface area contributed by atoms with Crippen molar-refractivity contribution in [3.05, 3.63) is 71.8 Å². The molecule has 0 aliphatic rings. The monoisotopic (exact) mass is 296 g/mol. The third kappa shape index (κ3) is 4.19. The first-order chi connectivity index (χ1) is 10.9. The topological polar surface area (TPSA) is 43.2 Å². The number of nitrogens with zero attached hydrogens (tertiary/aromatic N) is 2. The molecule has 4 nitrogen and oxygen atoms in total. The molecule has 2 aromatic carbocycles. The summed E-state index contributed by atoms with van der Waals surface area (Å²) < 4.78 is 0. The minimum atomic E-state index is 0.493. The summed E-state index contributed by atoms with van der Waals surface area (Å²) >= 11 is 0. The first-order valence-electron chi connectivity index (χ1n) is 7.38. The Kier molecular flexibility index (Phi) is 6.18. The molecule has 0 aromatic heterocycles. The molecular weight excluding hydrogens is 276 g/mol. The largest absolute Gasteiger partial charge is 0.396 e. The second-order valence-corrected chi connectivity index (χ2v) is 4.45. The molecule has 0 amide bonds. The van der Waals surface area contributed by atoms with E-state index >= 15 is 0 Å². The molecule has 0 aliphatic heterocycles. The van der Waals surface area contributed by atoms with Crippen molar-refractivity contribution in [1.29, 1.82) is 0 Å². The van der Waals surface area contributed by atoms with E-state index in [0.717, 1.165) is 11.1 Å². The molecule has 0 atom stereocenters. The van der Waals surface area contributed by atoms with Gasteiger partial charge in [-0.15, -0.1) is 0 Å². The van der Waals surface area contributed by atoms with Gasteiger partial charge >= 0.3 is 0 Å². The van der Waals surface area contributed by atoms with Crippen LogP contribution in [0.4, 0.5) is 0 Å². The maximum absolute atomic E-state index is 5.28. The van der Waals surface area contributed by atoms with Crippen LogP contribution in [-0.2, 0) is 9.68 Å². The smallest absolute Gasteiger partial charge is 0.139 e. The standard InChI is InChI=1S/C18H20N2O2/c1-3-21-19-17(15-11-7-5-8-12-15)18(20-22-4-2)16-13-9-6-10-14-16/h5-14H,3-4H2,1-2H3. The SMILES string of the molecule is CCON=C(C(=NOCC)c1ccccc1)c1ccccc1. The van der Waals surface area contributed by atoms with Gasteiger partial charge in [-0.05, 0) is 13.8 Å². The molecule has 0 saturated carbocycles. The lowest BCUT2D eigenvalue weighted by molar-refractivity contribution is 0.156. The molecule has 0 fully saturated rings. The lowest BCUT2D eigenvalue weighted by Gasteiger charge is -2.10. The quantitative estimate of drug-likeness (QED) is 0.575. The third-order valence-corrected chi connectivity index (χ3v) is 2.89. The van der Waals surface area contributed by atoms with E-state index < -0.39 is 0 Å². The van der Waals surface area contributed by atoms with Crippen molar-refractivity contribution in [2.45, 2.75) is 13.8 Å². The molecule has 0 spiro atoms. The number of rotatable bonds is 7. The number of hydrogen-bond acceptors (Lipinski definition) is 4. The van der Waals surface area contributed by atoms with Crippen molar-refractivity contribution in [3.63, 3.8) is 0 Å². The van der Waals surface area contributed by atoms with Crippen molar-refractivity contribution in [3.8, 4) is 0 Å². The predicted octanol–water partition coefficient (Wildman–Crippen LogP) is 3.87. The molecule has 2 rings (SSSR count). The Morgan fingerprint density at radius 3 is 1.36 bits per heavy atom. The van der Waals surface area contributed by atoms with Crippen molar-refractivity contribution < 1.29 is 9.68 Å². The van der Waals surface area contributed by atoms with E-state index in [9.17, 15) is 0 Å². The molecule has 0 heterocycles. The van der Waals surface area contributed by atoms with Gasteiger partial charge in [-0.25, -0.2) is 0 Å². The van der Waals surface area contributed by atoms with E-state index in [1.807, 2.05) is 74.5 Å². The molecule has 0 bridgehead atoms. The Labute approximate surface area is 131 Å². The fourth-order valence-corrected chi connectivity index (χ4v) is 1.92. The van der Waals surface area contributed by atoms with Crippen LogP contribution in [-0.4, -0.2) is 24.6 Å². The zero-order valence-electron chi connectivity index (χ0n) is 12.9. The van der Waals surface area contributed by atoms with Crippen molar-refractivity contribution in [2.24, 2.45) is 10.3 Å². The number of oxime groups is 2.